The molecular formula is C15H21BrN2O. The molecule has 1 saturated carbocycles. The molecule has 104 valence electrons. The summed E-state index contributed by atoms with van der Waals surface area (Å²) in [7, 11) is 1.89. The van der Waals surface area contributed by atoms with Crippen LogP contribution >= 0.6 is 15.9 Å². The Morgan fingerprint density at radius 2 is 2.05 bits per heavy atom. The summed E-state index contributed by atoms with van der Waals surface area (Å²) in [6.45, 7) is 0.862. The zero-order valence-corrected chi connectivity index (χ0v) is 12.9. The van der Waals surface area contributed by atoms with Crippen molar-refractivity contribution in [2.75, 3.05) is 19.3 Å². The van der Waals surface area contributed by atoms with Crippen LogP contribution in [0.2, 0.25) is 0 Å². The van der Waals surface area contributed by atoms with Crippen LogP contribution in [0.3, 0.4) is 0 Å². The molecule has 0 aliphatic heterocycles. The van der Waals surface area contributed by atoms with E-state index in [-0.39, 0.29) is 5.91 Å². The van der Waals surface area contributed by atoms with Gasteiger partial charge in [0, 0.05) is 29.3 Å². The molecule has 1 aromatic rings. The van der Waals surface area contributed by atoms with Crippen LogP contribution in [0.1, 0.15) is 42.5 Å². The number of carbonyl (C=O) groups excluding carboxylic acids is 1. The molecule has 1 amide bonds. The minimum atomic E-state index is 0.0753. The molecule has 2 rings (SSSR count). The van der Waals surface area contributed by atoms with Crippen LogP contribution in [0.15, 0.2) is 22.7 Å². The summed E-state index contributed by atoms with van der Waals surface area (Å²) in [5.74, 6) is 0.742. The Bertz CT molecular complexity index is 455. The summed E-state index contributed by atoms with van der Waals surface area (Å²) < 4.78 is 0.782. The van der Waals surface area contributed by atoms with Crippen LogP contribution in [0.25, 0.3) is 0 Å². The van der Waals surface area contributed by atoms with Gasteiger partial charge in [0.2, 0.25) is 0 Å². The Morgan fingerprint density at radius 1 is 1.37 bits per heavy atom. The molecule has 0 radical (unpaired) electrons. The molecular weight excluding hydrogens is 304 g/mol. The molecule has 1 fully saturated rings. The number of hydrogen-bond acceptors (Lipinski definition) is 2. The first-order valence-corrected chi connectivity index (χ1v) is 7.67. The summed E-state index contributed by atoms with van der Waals surface area (Å²) in [6, 6.07) is 5.36. The first-order chi connectivity index (χ1) is 9.08. The normalized spacial score (nSPS) is 16.3. The Morgan fingerprint density at radius 3 is 2.68 bits per heavy atom. The van der Waals surface area contributed by atoms with Gasteiger partial charge in [0.1, 0.15) is 0 Å². The molecule has 1 aliphatic carbocycles. The van der Waals surface area contributed by atoms with E-state index in [0.717, 1.165) is 11.0 Å². The van der Waals surface area contributed by atoms with Crippen LogP contribution in [-0.4, -0.2) is 24.4 Å². The lowest BCUT2D eigenvalue weighted by atomic mass is 9.89. The van der Waals surface area contributed by atoms with Gasteiger partial charge < -0.3 is 10.6 Å². The number of hydrogen-bond donors (Lipinski definition) is 1. The van der Waals surface area contributed by atoms with E-state index in [1.54, 1.807) is 18.2 Å². The third-order valence-electron chi connectivity index (χ3n) is 3.85. The monoisotopic (exact) mass is 324 g/mol. The lowest BCUT2D eigenvalue weighted by Gasteiger charge is -2.27. The van der Waals surface area contributed by atoms with Crippen LogP contribution in [0.5, 0.6) is 0 Å². The van der Waals surface area contributed by atoms with E-state index in [0.29, 0.717) is 17.2 Å². The minimum Gasteiger partial charge on any atom is -0.398 e. The number of nitrogens with zero attached hydrogens (tertiary/aromatic N) is 1. The lowest BCUT2D eigenvalue weighted by Crippen LogP contribution is -2.32. The van der Waals surface area contributed by atoms with Gasteiger partial charge in [0.25, 0.3) is 5.91 Å². The molecule has 3 nitrogen and oxygen atoms in total. The molecule has 19 heavy (non-hydrogen) atoms. The highest BCUT2D eigenvalue weighted by Gasteiger charge is 2.19. The summed E-state index contributed by atoms with van der Waals surface area (Å²) in [4.78, 5) is 14.2. The highest BCUT2D eigenvalue weighted by atomic mass is 79.9. The SMILES string of the molecule is CN(CC1CCCCC1)C(=O)c1ccc(N)c(Br)c1. The van der Waals surface area contributed by atoms with Gasteiger partial charge in [0.15, 0.2) is 0 Å². The van der Waals surface area contributed by atoms with E-state index in [1.165, 1.54) is 32.1 Å². The predicted octanol–water partition coefficient (Wildman–Crippen LogP) is 3.68. The smallest absolute Gasteiger partial charge is 0.253 e. The van der Waals surface area contributed by atoms with E-state index < -0.39 is 0 Å². The summed E-state index contributed by atoms with van der Waals surface area (Å²) in [6.07, 6.45) is 6.46. The van der Waals surface area contributed by atoms with E-state index in [2.05, 4.69) is 15.9 Å². The van der Waals surface area contributed by atoms with Crippen LogP contribution in [0.4, 0.5) is 5.69 Å². The Kier molecular flexibility index (Phi) is 4.86. The largest absolute Gasteiger partial charge is 0.398 e. The van der Waals surface area contributed by atoms with Gasteiger partial charge >= 0.3 is 0 Å². The number of nitrogens with two attached hydrogens (primary N) is 1. The van der Waals surface area contributed by atoms with Crippen molar-refractivity contribution in [3.05, 3.63) is 28.2 Å². The Hall–Kier alpha value is -1.03. The number of anilines is 1. The van der Waals surface area contributed by atoms with E-state index in [1.807, 2.05) is 11.9 Å². The van der Waals surface area contributed by atoms with Crippen molar-refractivity contribution in [1.82, 2.24) is 4.90 Å². The number of benzene rings is 1. The number of nitrogen functional groups attached to an aromatic ring is 1. The maximum absolute atomic E-state index is 12.3. The fraction of sp³-hybridized carbons (Fsp3) is 0.533. The van der Waals surface area contributed by atoms with Crippen LogP contribution in [-0.2, 0) is 0 Å². The van der Waals surface area contributed by atoms with Crippen molar-refractivity contribution in [2.24, 2.45) is 5.92 Å². The minimum absolute atomic E-state index is 0.0753. The molecule has 1 aromatic carbocycles. The fourth-order valence-corrected chi connectivity index (χ4v) is 3.10. The van der Waals surface area contributed by atoms with Crippen LogP contribution < -0.4 is 5.73 Å². The Labute approximate surface area is 123 Å². The van der Waals surface area contributed by atoms with Crippen molar-refractivity contribution >= 4 is 27.5 Å². The van der Waals surface area contributed by atoms with Crippen molar-refractivity contribution in [3.63, 3.8) is 0 Å². The van der Waals surface area contributed by atoms with Crippen molar-refractivity contribution in [2.45, 2.75) is 32.1 Å². The van der Waals surface area contributed by atoms with Crippen molar-refractivity contribution in [3.8, 4) is 0 Å². The van der Waals surface area contributed by atoms with Gasteiger partial charge in [-0.25, -0.2) is 0 Å². The molecule has 0 spiro atoms. The maximum atomic E-state index is 12.3. The lowest BCUT2D eigenvalue weighted by molar-refractivity contribution is 0.0760. The fourth-order valence-electron chi connectivity index (χ4n) is 2.72. The molecule has 0 atom stereocenters. The molecule has 0 unspecified atom stereocenters. The predicted molar refractivity (Wildman–Crippen MR) is 82.1 cm³/mol. The van der Waals surface area contributed by atoms with Crippen LogP contribution in [0, 0.1) is 5.92 Å². The van der Waals surface area contributed by atoms with Gasteiger partial charge in [-0.2, -0.15) is 0 Å². The van der Waals surface area contributed by atoms with Gasteiger partial charge in [-0.05, 0) is 52.9 Å². The number of halogens is 1. The quantitative estimate of drug-likeness (QED) is 0.862. The zero-order chi connectivity index (χ0) is 13.8. The average molecular weight is 325 g/mol. The van der Waals surface area contributed by atoms with Crippen molar-refractivity contribution in [1.29, 1.82) is 0 Å². The highest BCUT2D eigenvalue weighted by molar-refractivity contribution is 9.10. The van der Waals surface area contributed by atoms with E-state index in [9.17, 15) is 4.79 Å². The van der Waals surface area contributed by atoms with Gasteiger partial charge in [0.05, 0.1) is 0 Å². The second-order valence-electron chi connectivity index (χ2n) is 5.43. The number of carbonyl (C=O) groups is 1. The molecule has 2 N–H and O–H groups in total. The second-order valence-corrected chi connectivity index (χ2v) is 6.28. The summed E-state index contributed by atoms with van der Waals surface area (Å²) >= 11 is 3.37. The first-order valence-electron chi connectivity index (χ1n) is 6.88. The topological polar surface area (TPSA) is 46.3 Å². The summed E-state index contributed by atoms with van der Waals surface area (Å²) in [5.41, 5.74) is 7.10. The molecule has 4 heteroatoms. The number of amides is 1. The summed E-state index contributed by atoms with van der Waals surface area (Å²) in [5, 5.41) is 0. The third kappa shape index (κ3) is 3.72. The molecule has 0 saturated heterocycles. The number of rotatable bonds is 3. The highest BCUT2D eigenvalue weighted by Crippen LogP contribution is 2.25. The second kappa shape index (κ2) is 6.42. The third-order valence-corrected chi connectivity index (χ3v) is 4.54. The molecule has 0 heterocycles. The molecule has 0 bridgehead atoms. The standard InChI is InChI=1S/C15H21BrN2O/c1-18(10-11-5-3-2-4-6-11)15(19)12-7-8-14(17)13(16)9-12/h7-9,11H,2-6,10,17H2,1H3. The molecule has 1 aliphatic rings. The first kappa shape index (κ1) is 14.4. The van der Waals surface area contributed by atoms with Gasteiger partial charge in [-0.15, -0.1) is 0 Å². The van der Waals surface area contributed by atoms with Gasteiger partial charge in [-0.1, -0.05) is 19.3 Å². The average Bonchev–Trinajstić information content (AvgIpc) is 2.42. The van der Waals surface area contributed by atoms with E-state index >= 15 is 0 Å². The maximum Gasteiger partial charge on any atom is 0.253 e. The van der Waals surface area contributed by atoms with Gasteiger partial charge in [-0.3, -0.25) is 4.79 Å². The van der Waals surface area contributed by atoms with Crippen molar-refractivity contribution < 1.29 is 4.79 Å². The molecule has 0 aromatic heterocycles. The zero-order valence-electron chi connectivity index (χ0n) is 11.4. The Balaban J connectivity index is 1.99. The van der Waals surface area contributed by atoms with E-state index in [4.69, 9.17) is 5.73 Å².